The molecule has 1 aliphatic rings. The Morgan fingerprint density at radius 2 is 2.12 bits per heavy atom. The Balaban J connectivity index is 1.97. The van der Waals surface area contributed by atoms with E-state index in [1.165, 1.54) is 30.5 Å². The van der Waals surface area contributed by atoms with Crippen molar-refractivity contribution in [1.82, 2.24) is 0 Å². The van der Waals surface area contributed by atoms with Crippen LogP contribution in [-0.2, 0) is 16.0 Å². The lowest BCUT2D eigenvalue weighted by Gasteiger charge is -2.24. The summed E-state index contributed by atoms with van der Waals surface area (Å²) in [6, 6.07) is 8.75. The van der Waals surface area contributed by atoms with Crippen molar-refractivity contribution in [3.05, 3.63) is 41.7 Å². The largest absolute Gasteiger partial charge is 0.462 e. The van der Waals surface area contributed by atoms with Crippen molar-refractivity contribution in [2.75, 3.05) is 11.4 Å². The molecule has 1 unspecified atom stereocenters. The quantitative estimate of drug-likeness (QED) is 0.423. The molecule has 1 aromatic rings. The fourth-order valence-electron chi connectivity index (χ4n) is 3.09. The second-order valence-corrected chi connectivity index (χ2v) is 6.97. The standard InChI is InChI=1S/C22H32N2O2/c1-4-6-7-10-19-11-8-12-21(16-19)24-14-13-23-20(17-24)15-18(3)26-22(25)9-5-2/h8,11-13,16-18H,4-7,9-10,14-15H2,1-3H3. The lowest BCUT2D eigenvalue weighted by atomic mass is 10.1. The minimum Gasteiger partial charge on any atom is -0.462 e. The molecular formula is C22H32N2O2. The fraction of sp³-hybridized carbons (Fsp3) is 0.545. The van der Waals surface area contributed by atoms with Gasteiger partial charge in [0.05, 0.1) is 12.2 Å². The summed E-state index contributed by atoms with van der Waals surface area (Å²) in [5, 5.41) is 0. The first kappa shape index (κ1) is 20.2. The zero-order valence-corrected chi connectivity index (χ0v) is 16.4. The van der Waals surface area contributed by atoms with E-state index in [1.807, 2.05) is 20.1 Å². The van der Waals surface area contributed by atoms with E-state index >= 15 is 0 Å². The van der Waals surface area contributed by atoms with E-state index in [2.05, 4.69) is 47.3 Å². The number of nitrogens with zero attached hydrogens (tertiary/aromatic N) is 2. The van der Waals surface area contributed by atoms with Gasteiger partial charge in [0, 0.05) is 30.9 Å². The minimum absolute atomic E-state index is 0.128. The third kappa shape index (κ3) is 6.66. The molecule has 0 aliphatic carbocycles. The monoisotopic (exact) mass is 356 g/mol. The number of rotatable bonds is 10. The molecule has 0 radical (unpaired) electrons. The molecule has 4 nitrogen and oxygen atoms in total. The molecule has 0 bridgehead atoms. The van der Waals surface area contributed by atoms with Crippen LogP contribution in [0.15, 0.2) is 41.2 Å². The molecule has 1 heterocycles. The maximum atomic E-state index is 11.6. The van der Waals surface area contributed by atoms with Crippen molar-refractivity contribution in [2.24, 2.45) is 4.99 Å². The first-order valence-electron chi connectivity index (χ1n) is 9.90. The zero-order chi connectivity index (χ0) is 18.8. The van der Waals surface area contributed by atoms with Crippen molar-refractivity contribution in [1.29, 1.82) is 0 Å². The number of esters is 1. The normalized spacial score (nSPS) is 14.9. The number of aliphatic imine (C=N–C) groups is 1. The van der Waals surface area contributed by atoms with Gasteiger partial charge < -0.3 is 9.64 Å². The number of aryl methyl sites for hydroxylation is 1. The van der Waals surface area contributed by atoms with Gasteiger partial charge in [-0.25, -0.2) is 0 Å². The van der Waals surface area contributed by atoms with Gasteiger partial charge in [-0.2, -0.15) is 0 Å². The maximum Gasteiger partial charge on any atom is 0.306 e. The number of carbonyl (C=O) groups excluding carboxylic acids is 1. The molecule has 1 atom stereocenters. The molecule has 26 heavy (non-hydrogen) atoms. The Kier molecular flexibility index (Phi) is 8.39. The molecule has 4 heteroatoms. The summed E-state index contributed by atoms with van der Waals surface area (Å²) in [7, 11) is 0. The van der Waals surface area contributed by atoms with Gasteiger partial charge in [-0.15, -0.1) is 0 Å². The van der Waals surface area contributed by atoms with Crippen LogP contribution in [-0.4, -0.2) is 24.8 Å². The van der Waals surface area contributed by atoms with Crippen LogP contribution in [0.3, 0.4) is 0 Å². The molecule has 0 aromatic heterocycles. The molecular weight excluding hydrogens is 324 g/mol. The molecule has 142 valence electrons. The average molecular weight is 357 g/mol. The smallest absolute Gasteiger partial charge is 0.306 e. The highest BCUT2D eigenvalue weighted by Crippen LogP contribution is 2.22. The Morgan fingerprint density at radius 1 is 1.27 bits per heavy atom. The Bertz CT molecular complexity index is 637. The summed E-state index contributed by atoms with van der Waals surface area (Å²) in [5.41, 5.74) is 3.53. The van der Waals surface area contributed by atoms with Gasteiger partial charge in [0.25, 0.3) is 0 Å². The van der Waals surface area contributed by atoms with Crippen LogP contribution in [0.5, 0.6) is 0 Å². The molecule has 0 saturated heterocycles. The van der Waals surface area contributed by atoms with Crippen LogP contribution in [0.4, 0.5) is 5.69 Å². The molecule has 0 amide bonds. The summed E-state index contributed by atoms with van der Waals surface area (Å²) in [6.07, 6.45) is 10.7. The van der Waals surface area contributed by atoms with Gasteiger partial charge in [0.15, 0.2) is 0 Å². The molecule has 2 rings (SSSR count). The van der Waals surface area contributed by atoms with E-state index in [0.29, 0.717) is 12.8 Å². The predicted octanol–water partition coefficient (Wildman–Crippen LogP) is 5.27. The summed E-state index contributed by atoms with van der Waals surface area (Å²) in [4.78, 5) is 18.3. The van der Waals surface area contributed by atoms with E-state index in [4.69, 9.17) is 4.74 Å². The van der Waals surface area contributed by atoms with E-state index in [9.17, 15) is 4.79 Å². The van der Waals surface area contributed by atoms with Crippen LogP contribution < -0.4 is 4.90 Å². The minimum atomic E-state index is -0.155. The van der Waals surface area contributed by atoms with Crippen LogP contribution in [0.1, 0.15) is 64.9 Å². The van der Waals surface area contributed by atoms with Crippen molar-refractivity contribution in [3.63, 3.8) is 0 Å². The topological polar surface area (TPSA) is 41.9 Å². The number of benzene rings is 1. The van der Waals surface area contributed by atoms with Crippen LogP contribution >= 0.6 is 0 Å². The summed E-state index contributed by atoms with van der Waals surface area (Å²) in [5.74, 6) is -0.128. The molecule has 0 saturated carbocycles. The second kappa shape index (κ2) is 10.8. The fourth-order valence-corrected chi connectivity index (χ4v) is 3.09. The van der Waals surface area contributed by atoms with Crippen LogP contribution in [0, 0.1) is 0 Å². The number of unbranched alkanes of at least 4 members (excludes halogenated alkanes) is 2. The second-order valence-electron chi connectivity index (χ2n) is 6.97. The number of ether oxygens (including phenoxy) is 1. The van der Waals surface area contributed by atoms with Gasteiger partial charge >= 0.3 is 5.97 Å². The van der Waals surface area contributed by atoms with Gasteiger partial charge in [-0.05, 0) is 43.9 Å². The number of anilines is 1. The third-order valence-electron chi connectivity index (χ3n) is 4.43. The number of hydrogen-bond acceptors (Lipinski definition) is 4. The van der Waals surface area contributed by atoms with Gasteiger partial charge in [-0.1, -0.05) is 38.8 Å². The third-order valence-corrected chi connectivity index (χ3v) is 4.43. The Hall–Kier alpha value is -2.10. The highest BCUT2D eigenvalue weighted by Gasteiger charge is 2.14. The zero-order valence-electron chi connectivity index (χ0n) is 16.4. The SMILES string of the molecule is CCCCCc1cccc(N2C=C(CC(C)OC(=O)CCC)N=CC2)c1. The highest BCUT2D eigenvalue weighted by molar-refractivity contribution is 5.71. The maximum absolute atomic E-state index is 11.6. The van der Waals surface area contributed by atoms with Crippen LogP contribution in [0.25, 0.3) is 0 Å². The van der Waals surface area contributed by atoms with Crippen molar-refractivity contribution in [3.8, 4) is 0 Å². The summed E-state index contributed by atoms with van der Waals surface area (Å²) < 4.78 is 5.44. The van der Waals surface area contributed by atoms with Crippen LogP contribution in [0.2, 0.25) is 0 Å². The molecule has 0 N–H and O–H groups in total. The first-order chi connectivity index (χ1) is 12.6. The molecule has 0 fully saturated rings. The Morgan fingerprint density at radius 3 is 2.88 bits per heavy atom. The van der Waals surface area contributed by atoms with Crippen molar-refractivity contribution >= 4 is 17.9 Å². The summed E-state index contributed by atoms with van der Waals surface area (Å²) in [6.45, 7) is 6.91. The molecule has 1 aromatic carbocycles. The van der Waals surface area contributed by atoms with Gasteiger partial charge in [0.1, 0.15) is 6.10 Å². The van der Waals surface area contributed by atoms with Gasteiger partial charge in [-0.3, -0.25) is 9.79 Å². The number of hydrogen-bond donors (Lipinski definition) is 0. The lowest BCUT2D eigenvalue weighted by molar-refractivity contribution is -0.148. The molecule has 1 aliphatic heterocycles. The van der Waals surface area contributed by atoms with E-state index < -0.39 is 0 Å². The highest BCUT2D eigenvalue weighted by atomic mass is 16.5. The first-order valence-corrected chi connectivity index (χ1v) is 9.90. The van der Waals surface area contributed by atoms with Gasteiger partial charge in [0.2, 0.25) is 0 Å². The number of carbonyl (C=O) groups is 1. The molecule has 0 spiro atoms. The predicted molar refractivity (Wildman–Crippen MR) is 109 cm³/mol. The Labute approximate surface area is 158 Å². The summed E-state index contributed by atoms with van der Waals surface area (Å²) >= 11 is 0. The van der Waals surface area contributed by atoms with E-state index in [0.717, 1.165) is 25.1 Å². The lowest BCUT2D eigenvalue weighted by Crippen LogP contribution is -2.24. The average Bonchev–Trinajstić information content (AvgIpc) is 2.62. The van der Waals surface area contributed by atoms with E-state index in [-0.39, 0.29) is 12.1 Å². The van der Waals surface area contributed by atoms with Crippen molar-refractivity contribution in [2.45, 2.75) is 71.8 Å². The van der Waals surface area contributed by atoms with Crippen molar-refractivity contribution < 1.29 is 9.53 Å². The van der Waals surface area contributed by atoms with E-state index in [1.54, 1.807) is 0 Å².